The van der Waals surface area contributed by atoms with Crippen molar-refractivity contribution in [3.8, 4) is 0 Å². The highest BCUT2D eigenvalue weighted by Crippen LogP contribution is 2.31. The average molecular weight is 466 g/mol. The van der Waals surface area contributed by atoms with Gasteiger partial charge in [0.2, 0.25) is 0 Å². The highest BCUT2D eigenvalue weighted by Gasteiger charge is 2.33. The van der Waals surface area contributed by atoms with Gasteiger partial charge in [-0.1, -0.05) is 38.5 Å². The molecular weight excluding hydrogens is 434 g/mol. The van der Waals surface area contributed by atoms with E-state index in [4.69, 9.17) is 5.11 Å². The maximum absolute atomic E-state index is 13.3. The molecule has 2 heterocycles. The number of aliphatic carboxylic acids is 1. The fraction of sp³-hybridized carbons (Fsp3) is 0.667. The van der Waals surface area contributed by atoms with E-state index < -0.39 is 5.97 Å². The average Bonchev–Trinajstić information content (AvgIpc) is 3.44. The molecule has 0 bridgehead atoms. The van der Waals surface area contributed by atoms with Crippen LogP contribution >= 0.6 is 23.1 Å². The lowest BCUT2D eigenvalue weighted by Crippen LogP contribution is -2.50. The first-order valence-corrected chi connectivity index (χ1v) is 13.1. The molecule has 2 amide bonds. The van der Waals surface area contributed by atoms with Gasteiger partial charge in [0, 0.05) is 29.4 Å². The van der Waals surface area contributed by atoms with E-state index in [0.717, 1.165) is 31.4 Å². The van der Waals surface area contributed by atoms with E-state index in [0.29, 0.717) is 23.0 Å². The van der Waals surface area contributed by atoms with Crippen molar-refractivity contribution in [3.05, 3.63) is 23.0 Å². The number of carboxylic acids is 1. The SMILES string of the molecule is O=C(O)C1=CNC(SCc2csc(NC(=O)N(C3CCCCC3)C3CCCCC3)n2)N1. The second kappa shape index (κ2) is 10.6. The van der Waals surface area contributed by atoms with Crippen LogP contribution in [-0.4, -0.2) is 44.6 Å². The summed E-state index contributed by atoms with van der Waals surface area (Å²) in [7, 11) is 0. The first-order chi connectivity index (χ1) is 15.1. The zero-order valence-electron chi connectivity index (χ0n) is 17.6. The Morgan fingerprint density at radius 3 is 2.35 bits per heavy atom. The monoisotopic (exact) mass is 465 g/mol. The number of carbonyl (C=O) groups excluding carboxylic acids is 1. The smallest absolute Gasteiger partial charge is 0.353 e. The molecule has 2 saturated carbocycles. The number of anilines is 1. The van der Waals surface area contributed by atoms with Crippen LogP contribution in [0.3, 0.4) is 0 Å². The minimum Gasteiger partial charge on any atom is -0.477 e. The number of nitrogens with zero attached hydrogens (tertiary/aromatic N) is 2. The molecule has 2 fully saturated rings. The van der Waals surface area contributed by atoms with Gasteiger partial charge in [0.15, 0.2) is 5.13 Å². The van der Waals surface area contributed by atoms with Crippen LogP contribution in [0.2, 0.25) is 0 Å². The van der Waals surface area contributed by atoms with Gasteiger partial charge < -0.3 is 20.6 Å². The van der Waals surface area contributed by atoms with Crippen molar-refractivity contribution in [2.45, 2.75) is 87.5 Å². The van der Waals surface area contributed by atoms with Gasteiger partial charge in [0.1, 0.15) is 11.2 Å². The summed E-state index contributed by atoms with van der Waals surface area (Å²) >= 11 is 2.97. The number of amides is 2. The molecule has 1 aliphatic heterocycles. The Morgan fingerprint density at radius 1 is 1.13 bits per heavy atom. The Hall–Kier alpha value is -1.94. The van der Waals surface area contributed by atoms with Gasteiger partial charge in [-0.25, -0.2) is 14.6 Å². The number of rotatable bonds is 7. The van der Waals surface area contributed by atoms with Crippen LogP contribution in [0.5, 0.6) is 0 Å². The topological polar surface area (TPSA) is 107 Å². The molecule has 170 valence electrons. The molecule has 4 rings (SSSR count). The van der Waals surface area contributed by atoms with Crippen molar-refractivity contribution < 1.29 is 14.7 Å². The Morgan fingerprint density at radius 2 is 1.77 bits per heavy atom. The standard InChI is InChI=1S/C21H31N5O3S2/c27-18(28)17-11-22-19(24-17)30-12-14-13-31-20(23-14)25-21(29)26(15-7-3-1-4-8-15)16-9-5-2-6-10-16/h11,13,15-16,19,22,24H,1-10,12H2,(H,27,28)(H,23,25,29). The third-order valence-corrected chi connectivity index (χ3v) is 8.09. The molecular formula is C21H31N5O3S2. The lowest BCUT2D eigenvalue weighted by atomic mass is 9.89. The van der Waals surface area contributed by atoms with E-state index in [-0.39, 0.29) is 17.2 Å². The fourth-order valence-corrected chi connectivity index (χ4v) is 6.37. The number of hydrogen-bond acceptors (Lipinski definition) is 7. The van der Waals surface area contributed by atoms with Gasteiger partial charge >= 0.3 is 12.0 Å². The molecule has 31 heavy (non-hydrogen) atoms. The van der Waals surface area contributed by atoms with Gasteiger partial charge in [-0.3, -0.25) is 5.32 Å². The summed E-state index contributed by atoms with van der Waals surface area (Å²) in [6, 6.07) is 0.700. The van der Waals surface area contributed by atoms with Gasteiger partial charge in [0.25, 0.3) is 0 Å². The van der Waals surface area contributed by atoms with Crippen molar-refractivity contribution in [2.24, 2.45) is 0 Å². The van der Waals surface area contributed by atoms with Crippen LogP contribution in [0.15, 0.2) is 17.3 Å². The summed E-state index contributed by atoms with van der Waals surface area (Å²) in [6.07, 6.45) is 13.3. The zero-order chi connectivity index (χ0) is 21.6. The van der Waals surface area contributed by atoms with Crippen LogP contribution in [0, 0.1) is 0 Å². The second-order valence-electron chi connectivity index (χ2n) is 8.43. The summed E-state index contributed by atoms with van der Waals surface area (Å²) in [5.41, 5.74) is 0.841. The fourth-order valence-electron chi connectivity index (χ4n) is 4.70. The molecule has 0 radical (unpaired) electrons. The number of thioether (sulfide) groups is 1. The van der Waals surface area contributed by atoms with Crippen molar-refractivity contribution in [1.82, 2.24) is 20.5 Å². The van der Waals surface area contributed by atoms with E-state index >= 15 is 0 Å². The molecule has 4 N–H and O–H groups in total. The Labute approximate surface area is 191 Å². The predicted molar refractivity (Wildman–Crippen MR) is 124 cm³/mol. The molecule has 3 aliphatic rings. The van der Waals surface area contributed by atoms with Crippen molar-refractivity contribution in [3.63, 3.8) is 0 Å². The minimum absolute atomic E-state index is 0.00165. The van der Waals surface area contributed by atoms with Crippen molar-refractivity contribution >= 4 is 40.2 Å². The highest BCUT2D eigenvalue weighted by atomic mass is 32.2. The lowest BCUT2D eigenvalue weighted by Gasteiger charge is -2.41. The first-order valence-electron chi connectivity index (χ1n) is 11.2. The molecule has 1 aromatic rings. The van der Waals surface area contributed by atoms with E-state index in [2.05, 4.69) is 25.8 Å². The van der Waals surface area contributed by atoms with Gasteiger partial charge in [-0.2, -0.15) is 0 Å². The molecule has 1 aromatic heterocycles. The Bertz CT molecular complexity index is 785. The normalized spacial score (nSPS) is 22.3. The largest absolute Gasteiger partial charge is 0.477 e. The Balaban J connectivity index is 1.32. The maximum Gasteiger partial charge on any atom is 0.353 e. The van der Waals surface area contributed by atoms with Crippen LogP contribution in [0.25, 0.3) is 0 Å². The number of aromatic nitrogens is 1. The quantitative estimate of drug-likeness (QED) is 0.476. The number of thiazole rings is 1. The first kappa shape index (κ1) is 22.3. The van der Waals surface area contributed by atoms with Gasteiger partial charge in [-0.15, -0.1) is 23.1 Å². The molecule has 2 aliphatic carbocycles. The zero-order valence-corrected chi connectivity index (χ0v) is 19.3. The summed E-state index contributed by atoms with van der Waals surface area (Å²) in [5.74, 6) is -0.359. The van der Waals surface area contributed by atoms with Crippen molar-refractivity contribution in [2.75, 3.05) is 5.32 Å². The third-order valence-electron chi connectivity index (χ3n) is 6.23. The van der Waals surface area contributed by atoms with Crippen LogP contribution in [0.4, 0.5) is 9.93 Å². The molecule has 0 aromatic carbocycles. The molecule has 8 nitrogen and oxygen atoms in total. The second-order valence-corrected chi connectivity index (χ2v) is 10.4. The predicted octanol–water partition coefficient (Wildman–Crippen LogP) is 4.28. The summed E-state index contributed by atoms with van der Waals surface area (Å²) < 4.78 is 0. The van der Waals surface area contributed by atoms with E-state index in [1.165, 1.54) is 67.8 Å². The van der Waals surface area contributed by atoms with Crippen molar-refractivity contribution in [1.29, 1.82) is 0 Å². The molecule has 10 heteroatoms. The lowest BCUT2D eigenvalue weighted by molar-refractivity contribution is -0.133. The van der Waals surface area contributed by atoms with Crippen LogP contribution in [-0.2, 0) is 10.5 Å². The van der Waals surface area contributed by atoms with Crippen LogP contribution < -0.4 is 16.0 Å². The number of hydrogen-bond donors (Lipinski definition) is 4. The number of nitrogens with one attached hydrogen (secondary N) is 3. The van der Waals surface area contributed by atoms with Crippen LogP contribution in [0.1, 0.15) is 69.9 Å². The molecule has 0 spiro atoms. The molecule has 1 atom stereocenters. The number of carbonyl (C=O) groups is 2. The Kier molecular flexibility index (Phi) is 7.60. The van der Waals surface area contributed by atoms with E-state index in [1.807, 2.05) is 5.38 Å². The molecule has 1 unspecified atom stereocenters. The van der Waals surface area contributed by atoms with Gasteiger partial charge in [-0.05, 0) is 25.7 Å². The number of urea groups is 1. The van der Waals surface area contributed by atoms with E-state index in [1.54, 1.807) is 0 Å². The maximum atomic E-state index is 13.3. The summed E-state index contributed by atoms with van der Waals surface area (Å²) in [4.78, 5) is 31.0. The highest BCUT2D eigenvalue weighted by molar-refractivity contribution is 7.99. The third kappa shape index (κ3) is 5.85. The minimum atomic E-state index is -0.977. The molecule has 0 saturated heterocycles. The summed E-state index contributed by atoms with van der Waals surface area (Å²) in [5, 5.41) is 20.6. The summed E-state index contributed by atoms with van der Waals surface area (Å²) in [6.45, 7) is 0. The van der Waals surface area contributed by atoms with E-state index in [9.17, 15) is 9.59 Å². The van der Waals surface area contributed by atoms with Gasteiger partial charge in [0.05, 0.1) is 5.69 Å². The number of carboxylic acid groups (broad SMARTS) is 1.